The molecule has 1 N–H and O–H groups in total. The predicted octanol–water partition coefficient (Wildman–Crippen LogP) is 4.12. The van der Waals surface area contributed by atoms with E-state index in [1.165, 1.54) is 0 Å². The van der Waals surface area contributed by atoms with E-state index >= 15 is 0 Å². The summed E-state index contributed by atoms with van der Waals surface area (Å²) < 4.78 is 14.1. The second-order valence-corrected chi connectivity index (χ2v) is 5.01. The Bertz CT molecular complexity index is 601. The maximum atomic E-state index is 13.6. The zero-order valence-corrected chi connectivity index (χ0v) is 11.2. The number of hydrogen-bond donors (Lipinski definition) is 1. The highest BCUT2D eigenvalue weighted by molar-refractivity contribution is 7.71. The van der Waals surface area contributed by atoms with Gasteiger partial charge >= 0.3 is 0 Å². The van der Waals surface area contributed by atoms with E-state index < -0.39 is 0 Å². The van der Waals surface area contributed by atoms with Crippen molar-refractivity contribution in [2.45, 2.75) is 33.6 Å². The number of nitrogens with zero attached hydrogens (tertiary/aromatic N) is 1. The van der Waals surface area contributed by atoms with Crippen LogP contribution in [0, 0.1) is 24.4 Å². The Morgan fingerprint density at radius 2 is 1.94 bits per heavy atom. The molecule has 2 rings (SSSR count). The number of aromatic nitrogens is 2. The Hall–Kier alpha value is -1.29. The van der Waals surface area contributed by atoms with Gasteiger partial charge < -0.3 is 4.98 Å². The Morgan fingerprint density at radius 1 is 1.29 bits per heavy atom. The SMILES string of the molecule is Cc1c2cc(C(C)C)c(=S)nc-2[nH]c(F)c1C. The third-order valence-corrected chi connectivity index (χ3v) is 3.49. The first-order chi connectivity index (χ1) is 7.91. The Kier molecular flexibility index (Phi) is 3.00. The fourth-order valence-corrected chi connectivity index (χ4v) is 2.26. The van der Waals surface area contributed by atoms with Gasteiger partial charge in [-0.1, -0.05) is 26.1 Å². The second-order valence-electron chi connectivity index (χ2n) is 4.62. The van der Waals surface area contributed by atoms with Crippen LogP contribution in [0.2, 0.25) is 0 Å². The first kappa shape index (κ1) is 12.2. The number of fused-ring (bicyclic) bond motifs is 1. The van der Waals surface area contributed by atoms with Crippen molar-refractivity contribution in [3.05, 3.63) is 33.3 Å². The van der Waals surface area contributed by atoms with E-state index in [-0.39, 0.29) is 5.95 Å². The molecule has 0 radical (unpaired) electrons. The molecule has 0 aromatic heterocycles. The van der Waals surface area contributed by atoms with E-state index in [0.29, 0.717) is 21.9 Å². The quantitative estimate of drug-likeness (QED) is 0.609. The molecule has 0 fully saturated rings. The van der Waals surface area contributed by atoms with Crippen LogP contribution in [0.25, 0.3) is 11.4 Å². The normalized spacial score (nSPS) is 11.4. The molecule has 2 nitrogen and oxygen atoms in total. The number of H-pyrrole nitrogens is 1. The maximum Gasteiger partial charge on any atom is 0.195 e. The molecule has 0 unspecified atom stereocenters. The number of nitrogens with one attached hydrogen (secondary N) is 1. The van der Waals surface area contributed by atoms with Crippen molar-refractivity contribution in [2.75, 3.05) is 0 Å². The number of rotatable bonds is 1. The van der Waals surface area contributed by atoms with Crippen LogP contribution in [0.5, 0.6) is 0 Å². The van der Waals surface area contributed by atoms with Gasteiger partial charge in [-0.3, -0.25) is 0 Å². The fourth-order valence-electron chi connectivity index (χ4n) is 1.87. The van der Waals surface area contributed by atoms with Crippen molar-refractivity contribution in [2.24, 2.45) is 0 Å². The molecule has 0 atom stereocenters. The molecule has 0 amide bonds. The van der Waals surface area contributed by atoms with Crippen LogP contribution in [0.3, 0.4) is 0 Å². The monoisotopic (exact) mass is 250 g/mol. The zero-order chi connectivity index (χ0) is 12.7. The topological polar surface area (TPSA) is 28.7 Å². The molecule has 17 heavy (non-hydrogen) atoms. The van der Waals surface area contributed by atoms with Gasteiger partial charge in [-0.25, -0.2) is 4.98 Å². The summed E-state index contributed by atoms with van der Waals surface area (Å²) >= 11 is 5.22. The van der Waals surface area contributed by atoms with Crippen molar-refractivity contribution >= 4 is 12.2 Å². The second kappa shape index (κ2) is 4.18. The molecule has 0 aromatic rings. The average molecular weight is 250 g/mol. The summed E-state index contributed by atoms with van der Waals surface area (Å²) in [5.74, 6) is 0.512. The highest BCUT2D eigenvalue weighted by atomic mass is 32.1. The summed E-state index contributed by atoms with van der Waals surface area (Å²) in [6, 6.07) is 2.02. The van der Waals surface area contributed by atoms with Crippen LogP contribution in [0.4, 0.5) is 4.39 Å². The lowest BCUT2D eigenvalue weighted by atomic mass is 9.98. The van der Waals surface area contributed by atoms with Gasteiger partial charge in [-0.05, 0) is 37.0 Å². The van der Waals surface area contributed by atoms with E-state index in [1.807, 2.05) is 13.0 Å². The van der Waals surface area contributed by atoms with E-state index in [9.17, 15) is 4.39 Å². The highest BCUT2D eigenvalue weighted by Crippen LogP contribution is 2.29. The van der Waals surface area contributed by atoms with Gasteiger partial charge in [0.1, 0.15) is 10.5 Å². The van der Waals surface area contributed by atoms with E-state index in [0.717, 1.165) is 16.7 Å². The lowest BCUT2D eigenvalue weighted by Crippen LogP contribution is -2.04. The minimum absolute atomic E-state index is 0.323. The van der Waals surface area contributed by atoms with Gasteiger partial charge in [0.05, 0.1) is 0 Å². The van der Waals surface area contributed by atoms with Crippen LogP contribution in [0.1, 0.15) is 36.5 Å². The summed E-state index contributed by atoms with van der Waals surface area (Å²) in [4.78, 5) is 6.94. The first-order valence-corrected chi connectivity index (χ1v) is 6.02. The lowest BCUT2D eigenvalue weighted by molar-refractivity contribution is 0.572. The van der Waals surface area contributed by atoms with Crippen LogP contribution in [0.15, 0.2) is 6.07 Å². The van der Waals surface area contributed by atoms with Gasteiger partial charge in [-0.15, -0.1) is 0 Å². The van der Waals surface area contributed by atoms with Gasteiger partial charge in [-0.2, -0.15) is 4.39 Å². The summed E-state index contributed by atoms with van der Waals surface area (Å²) in [6.07, 6.45) is 0. The van der Waals surface area contributed by atoms with Crippen LogP contribution < -0.4 is 0 Å². The Balaban J connectivity index is 2.86. The van der Waals surface area contributed by atoms with Crippen molar-refractivity contribution in [1.29, 1.82) is 0 Å². The molecule has 0 saturated carbocycles. The summed E-state index contributed by atoms with van der Waals surface area (Å²) in [5.41, 5.74) is 3.53. The largest absolute Gasteiger partial charge is 0.316 e. The summed E-state index contributed by atoms with van der Waals surface area (Å²) in [6.45, 7) is 7.82. The molecule has 0 spiro atoms. The third-order valence-electron chi connectivity index (χ3n) is 3.16. The van der Waals surface area contributed by atoms with Gasteiger partial charge in [0.2, 0.25) is 0 Å². The average Bonchev–Trinajstić information content (AvgIpc) is 2.25. The van der Waals surface area contributed by atoms with Crippen LogP contribution in [-0.2, 0) is 0 Å². The minimum Gasteiger partial charge on any atom is -0.316 e. The molecule has 2 aliphatic heterocycles. The number of pyridine rings is 2. The number of hydrogen-bond acceptors (Lipinski definition) is 2. The molecule has 2 heterocycles. The van der Waals surface area contributed by atoms with E-state index in [2.05, 4.69) is 23.8 Å². The molecular weight excluding hydrogens is 235 g/mol. The predicted molar refractivity (Wildman–Crippen MR) is 69.6 cm³/mol. The van der Waals surface area contributed by atoms with Crippen molar-refractivity contribution < 1.29 is 4.39 Å². The molecule has 0 saturated heterocycles. The number of aromatic amines is 1. The zero-order valence-electron chi connectivity index (χ0n) is 10.4. The van der Waals surface area contributed by atoms with Crippen LogP contribution >= 0.6 is 12.2 Å². The molecule has 2 aliphatic rings. The third kappa shape index (κ3) is 1.97. The molecular formula is C13H15FN2S. The Labute approximate surface area is 105 Å². The highest BCUT2D eigenvalue weighted by Gasteiger charge is 2.16. The first-order valence-electron chi connectivity index (χ1n) is 5.61. The Morgan fingerprint density at radius 3 is 2.53 bits per heavy atom. The fraction of sp³-hybridized carbons (Fsp3) is 0.385. The van der Waals surface area contributed by atoms with Crippen molar-refractivity contribution in [1.82, 2.24) is 9.97 Å². The van der Waals surface area contributed by atoms with Crippen molar-refractivity contribution in [3.63, 3.8) is 0 Å². The lowest BCUT2D eigenvalue weighted by Gasteiger charge is -2.15. The standard InChI is InChI=1S/C13H15FN2S/c1-6(2)9-5-10-7(3)8(4)11(14)15-12(10)16-13(9)17/h5-6H,1-4H3,(H,15,16,17). The summed E-state index contributed by atoms with van der Waals surface area (Å²) in [5, 5.41) is 0. The van der Waals surface area contributed by atoms with Gasteiger partial charge in [0.25, 0.3) is 0 Å². The number of halogens is 1. The maximum absolute atomic E-state index is 13.6. The summed E-state index contributed by atoms with van der Waals surface area (Å²) in [7, 11) is 0. The smallest absolute Gasteiger partial charge is 0.195 e. The van der Waals surface area contributed by atoms with E-state index in [1.54, 1.807) is 6.92 Å². The van der Waals surface area contributed by atoms with Crippen molar-refractivity contribution in [3.8, 4) is 11.4 Å². The molecule has 90 valence electrons. The van der Waals surface area contributed by atoms with E-state index in [4.69, 9.17) is 12.2 Å². The van der Waals surface area contributed by atoms with Crippen LogP contribution in [-0.4, -0.2) is 9.97 Å². The molecule has 0 aromatic carbocycles. The molecule has 0 bridgehead atoms. The van der Waals surface area contributed by atoms with Gasteiger partial charge in [0, 0.05) is 11.1 Å². The molecule has 4 heteroatoms. The molecule has 0 aliphatic carbocycles. The minimum atomic E-state index is -0.339. The van der Waals surface area contributed by atoms with Gasteiger partial charge in [0.15, 0.2) is 5.95 Å².